The second-order valence-electron chi connectivity index (χ2n) is 6.23. The van der Waals surface area contributed by atoms with Crippen LogP contribution in [0.3, 0.4) is 0 Å². The first-order valence-electron chi connectivity index (χ1n) is 8.47. The number of aromatic nitrogens is 2. The van der Waals surface area contributed by atoms with Gasteiger partial charge in [-0.2, -0.15) is 0 Å². The van der Waals surface area contributed by atoms with Crippen LogP contribution in [0.4, 0.5) is 5.69 Å². The number of anilines is 1. The van der Waals surface area contributed by atoms with Gasteiger partial charge in [-0.15, -0.1) is 24.8 Å². The molecule has 1 aliphatic rings. The maximum absolute atomic E-state index is 12.3. The second kappa shape index (κ2) is 11.1. The molecule has 0 bridgehead atoms. The summed E-state index contributed by atoms with van der Waals surface area (Å²) in [4.78, 5) is 16.5. The number of amides is 1. The normalized spacial score (nSPS) is 15.2. The molecule has 3 rings (SSSR count). The second-order valence-corrected chi connectivity index (χ2v) is 6.23. The average Bonchev–Trinajstić information content (AvgIpc) is 3.06. The third-order valence-electron chi connectivity index (χ3n) is 4.49. The number of carbonyl (C=O) groups excluding carboxylic acids is 1. The standard InChI is InChI=1S/C18H24N4O3.2ClH/c1-22-9-8-20-16(22)12-25-15-4-2-14(3-5-15)21-18(23)17(19)13-6-10-24-11-7-13;;/h2-5,8-9,13,17H,6-7,10-12,19H2,1H3,(H,21,23);2*1H. The van der Waals surface area contributed by atoms with Crippen LogP contribution in [0.5, 0.6) is 5.75 Å². The third-order valence-corrected chi connectivity index (χ3v) is 4.49. The van der Waals surface area contributed by atoms with Gasteiger partial charge in [0.25, 0.3) is 0 Å². The third kappa shape index (κ3) is 6.39. The molecular formula is C18H26Cl2N4O3. The zero-order valence-electron chi connectivity index (χ0n) is 15.2. The molecule has 2 aromatic rings. The van der Waals surface area contributed by atoms with Gasteiger partial charge in [-0.3, -0.25) is 4.79 Å². The summed E-state index contributed by atoms with van der Waals surface area (Å²) in [6.07, 6.45) is 5.26. The van der Waals surface area contributed by atoms with Crippen molar-refractivity contribution in [2.75, 3.05) is 18.5 Å². The van der Waals surface area contributed by atoms with Crippen LogP contribution in [-0.2, 0) is 23.2 Å². The quantitative estimate of drug-likeness (QED) is 0.754. The molecule has 0 spiro atoms. The van der Waals surface area contributed by atoms with E-state index in [1.807, 2.05) is 42.1 Å². The number of nitrogens with zero attached hydrogens (tertiary/aromatic N) is 2. The van der Waals surface area contributed by atoms with Crippen LogP contribution in [0.15, 0.2) is 36.7 Å². The van der Waals surface area contributed by atoms with Gasteiger partial charge in [-0.25, -0.2) is 4.98 Å². The number of nitrogens with two attached hydrogens (primary N) is 1. The Morgan fingerprint density at radius 1 is 1.33 bits per heavy atom. The molecule has 1 aromatic heterocycles. The predicted molar refractivity (Wildman–Crippen MR) is 109 cm³/mol. The highest BCUT2D eigenvalue weighted by Gasteiger charge is 2.26. The number of benzene rings is 1. The Morgan fingerprint density at radius 3 is 2.59 bits per heavy atom. The van der Waals surface area contributed by atoms with E-state index in [9.17, 15) is 4.79 Å². The minimum atomic E-state index is -0.511. The summed E-state index contributed by atoms with van der Waals surface area (Å²) < 4.78 is 12.9. The van der Waals surface area contributed by atoms with Crippen molar-refractivity contribution in [1.82, 2.24) is 9.55 Å². The molecule has 0 radical (unpaired) electrons. The molecule has 1 atom stereocenters. The van der Waals surface area contributed by atoms with E-state index in [2.05, 4.69) is 10.3 Å². The smallest absolute Gasteiger partial charge is 0.241 e. The van der Waals surface area contributed by atoms with Crippen molar-refractivity contribution in [3.8, 4) is 5.75 Å². The summed E-state index contributed by atoms with van der Waals surface area (Å²) in [5.74, 6) is 1.58. The van der Waals surface area contributed by atoms with Crippen molar-refractivity contribution in [2.24, 2.45) is 18.7 Å². The first-order valence-corrected chi connectivity index (χ1v) is 8.47. The minimum Gasteiger partial charge on any atom is -0.486 e. The van der Waals surface area contributed by atoms with Crippen LogP contribution in [-0.4, -0.2) is 34.7 Å². The van der Waals surface area contributed by atoms with Crippen molar-refractivity contribution < 1.29 is 14.3 Å². The van der Waals surface area contributed by atoms with Crippen LogP contribution in [0.2, 0.25) is 0 Å². The Morgan fingerprint density at radius 2 is 2.00 bits per heavy atom. The fraction of sp³-hybridized carbons (Fsp3) is 0.444. The minimum absolute atomic E-state index is 0. The molecule has 2 heterocycles. The molecule has 1 saturated heterocycles. The van der Waals surface area contributed by atoms with Gasteiger partial charge in [-0.1, -0.05) is 0 Å². The SMILES string of the molecule is Cl.Cl.Cn1ccnc1COc1ccc(NC(=O)C(N)C2CCOCC2)cc1. The van der Waals surface area contributed by atoms with E-state index in [4.69, 9.17) is 15.2 Å². The number of nitrogens with one attached hydrogen (secondary N) is 1. The highest BCUT2D eigenvalue weighted by Crippen LogP contribution is 2.20. The van der Waals surface area contributed by atoms with Gasteiger partial charge in [0.15, 0.2) is 0 Å². The number of aryl methyl sites for hydroxylation is 1. The van der Waals surface area contributed by atoms with Gasteiger partial charge in [0.05, 0.1) is 6.04 Å². The lowest BCUT2D eigenvalue weighted by atomic mass is 9.92. The van der Waals surface area contributed by atoms with Gasteiger partial charge in [0, 0.05) is 38.3 Å². The van der Waals surface area contributed by atoms with Crippen LogP contribution in [0, 0.1) is 5.92 Å². The highest BCUT2D eigenvalue weighted by atomic mass is 35.5. The lowest BCUT2D eigenvalue weighted by molar-refractivity contribution is -0.119. The van der Waals surface area contributed by atoms with E-state index in [1.54, 1.807) is 6.20 Å². The van der Waals surface area contributed by atoms with Crippen molar-refractivity contribution in [2.45, 2.75) is 25.5 Å². The van der Waals surface area contributed by atoms with Crippen molar-refractivity contribution in [1.29, 1.82) is 0 Å². The molecule has 1 unspecified atom stereocenters. The predicted octanol–water partition coefficient (Wildman–Crippen LogP) is 2.54. The lowest BCUT2D eigenvalue weighted by Crippen LogP contribution is -2.43. The topological polar surface area (TPSA) is 91.4 Å². The van der Waals surface area contributed by atoms with E-state index < -0.39 is 6.04 Å². The molecule has 150 valence electrons. The fourth-order valence-electron chi connectivity index (χ4n) is 2.83. The monoisotopic (exact) mass is 416 g/mol. The Balaban J connectivity index is 0.00000182. The van der Waals surface area contributed by atoms with Crippen molar-refractivity contribution in [3.05, 3.63) is 42.5 Å². The largest absolute Gasteiger partial charge is 0.486 e. The Hall–Kier alpha value is -1.80. The summed E-state index contributed by atoms with van der Waals surface area (Å²) in [5, 5.41) is 2.87. The van der Waals surface area contributed by atoms with Gasteiger partial charge >= 0.3 is 0 Å². The van der Waals surface area contributed by atoms with Crippen LogP contribution in [0.1, 0.15) is 18.7 Å². The Labute approximate surface area is 171 Å². The van der Waals surface area contributed by atoms with Gasteiger partial charge in [-0.05, 0) is 43.0 Å². The molecular weight excluding hydrogens is 391 g/mol. The summed E-state index contributed by atoms with van der Waals surface area (Å²) in [7, 11) is 1.92. The number of ether oxygens (including phenoxy) is 2. The lowest BCUT2D eigenvalue weighted by Gasteiger charge is -2.26. The van der Waals surface area contributed by atoms with Crippen molar-refractivity contribution >= 4 is 36.4 Å². The number of hydrogen-bond acceptors (Lipinski definition) is 5. The molecule has 1 fully saturated rings. The summed E-state index contributed by atoms with van der Waals surface area (Å²) >= 11 is 0. The first kappa shape index (κ1) is 23.2. The summed E-state index contributed by atoms with van der Waals surface area (Å²) in [5.41, 5.74) is 6.79. The Bertz CT molecular complexity index is 703. The average molecular weight is 417 g/mol. The number of halogens is 2. The highest BCUT2D eigenvalue weighted by molar-refractivity contribution is 5.94. The zero-order valence-corrected chi connectivity index (χ0v) is 16.8. The Kier molecular flexibility index (Phi) is 9.59. The molecule has 3 N–H and O–H groups in total. The van der Waals surface area contributed by atoms with E-state index in [1.165, 1.54) is 0 Å². The molecule has 0 aliphatic carbocycles. The molecule has 0 saturated carbocycles. The van der Waals surface area contributed by atoms with E-state index >= 15 is 0 Å². The molecule has 1 aromatic carbocycles. The van der Waals surface area contributed by atoms with Gasteiger partial charge in [0.2, 0.25) is 5.91 Å². The van der Waals surface area contributed by atoms with Crippen LogP contribution in [0.25, 0.3) is 0 Å². The number of imidazole rings is 1. The van der Waals surface area contributed by atoms with Gasteiger partial charge in [0.1, 0.15) is 18.2 Å². The first-order chi connectivity index (χ1) is 12.1. The maximum atomic E-state index is 12.3. The molecule has 7 nitrogen and oxygen atoms in total. The van der Waals surface area contributed by atoms with Crippen LogP contribution >= 0.6 is 24.8 Å². The molecule has 27 heavy (non-hydrogen) atoms. The molecule has 1 amide bonds. The number of rotatable bonds is 6. The fourth-order valence-corrected chi connectivity index (χ4v) is 2.83. The van der Waals surface area contributed by atoms with Crippen molar-refractivity contribution in [3.63, 3.8) is 0 Å². The van der Waals surface area contributed by atoms with Gasteiger partial charge < -0.3 is 25.1 Å². The van der Waals surface area contributed by atoms with Crippen LogP contribution < -0.4 is 15.8 Å². The summed E-state index contributed by atoms with van der Waals surface area (Å²) in [6.45, 7) is 1.74. The molecule has 9 heteroatoms. The van der Waals surface area contributed by atoms with E-state index in [0.717, 1.165) is 24.4 Å². The van der Waals surface area contributed by atoms with E-state index in [-0.39, 0.29) is 36.6 Å². The zero-order chi connectivity index (χ0) is 17.6. The number of carbonyl (C=O) groups is 1. The maximum Gasteiger partial charge on any atom is 0.241 e. The summed E-state index contributed by atoms with van der Waals surface area (Å²) in [6, 6.07) is 6.74. The van der Waals surface area contributed by atoms with E-state index in [0.29, 0.717) is 25.5 Å². The number of hydrogen-bond donors (Lipinski definition) is 2. The molecule has 1 aliphatic heterocycles.